The van der Waals surface area contributed by atoms with Crippen LogP contribution in [0.4, 0.5) is 10.1 Å². The lowest BCUT2D eigenvalue weighted by molar-refractivity contribution is 0.414. The van der Waals surface area contributed by atoms with Crippen LogP contribution in [-0.4, -0.2) is 7.11 Å². The van der Waals surface area contributed by atoms with E-state index in [-0.39, 0.29) is 16.1 Å². The first-order valence-electron chi connectivity index (χ1n) is 6.66. The molecule has 0 spiro atoms. The molecular weight excluding hydrogens is 312 g/mol. The zero-order valence-electron chi connectivity index (χ0n) is 11.4. The highest BCUT2D eigenvalue weighted by molar-refractivity contribution is 6.39. The van der Waals surface area contributed by atoms with Gasteiger partial charge in [0.25, 0.3) is 0 Å². The highest BCUT2D eigenvalue weighted by Crippen LogP contribution is 2.40. The number of nitrogens with one attached hydrogen (secondary N) is 1. The lowest BCUT2D eigenvalue weighted by atomic mass is 10.1. The van der Waals surface area contributed by atoms with Crippen LogP contribution in [0.3, 0.4) is 0 Å². The van der Waals surface area contributed by atoms with Crippen molar-refractivity contribution in [2.24, 2.45) is 0 Å². The Labute approximate surface area is 132 Å². The third-order valence-corrected chi connectivity index (χ3v) is 4.35. The number of anilines is 1. The van der Waals surface area contributed by atoms with Crippen molar-refractivity contribution in [1.82, 2.24) is 0 Å². The van der Waals surface area contributed by atoms with Gasteiger partial charge in [0.1, 0.15) is 11.6 Å². The zero-order valence-corrected chi connectivity index (χ0v) is 12.9. The number of rotatable bonds is 3. The first kappa shape index (κ1) is 14.5. The lowest BCUT2D eigenvalue weighted by Gasteiger charge is -2.18. The van der Waals surface area contributed by atoms with E-state index in [4.69, 9.17) is 27.9 Å². The van der Waals surface area contributed by atoms with Gasteiger partial charge in [-0.15, -0.1) is 0 Å². The van der Waals surface area contributed by atoms with E-state index in [1.807, 2.05) is 12.1 Å². The Morgan fingerprint density at radius 1 is 1.19 bits per heavy atom. The minimum atomic E-state index is -0.441. The fourth-order valence-electron chi connectivity index (χ4n) is 2.71. The summed E-state index contributed by atoms with van der Waals surface area (Å²) in [5, 5.41) is 3.90. The summed E-state index contributed by atoms with van der Waals surface area (Å²) in [5.74, 6) is 0.378. The van der Waals surface area contributed by atoms with Crippen molar-refractivity contribution in [3.05, 3.63) is 57.3 Å². The van der Waals surface area contributed by atoms with Crippen LogP contribution >= 0.6 is 23.2 Å². The maximum Gasteiger partial charge on any atom is 0.126 e. The van der Waals surface area contributed by atoms with Crippen LogP contribution in [-0.2, 0) is 6.42 Å². The quantitative estimate of drug-likeness (QED) is 0.833. The van der Waals surface area contributed by atoms with Gasteiger partial charge in [0.15, 0.2) is 0 Å². The van der Waals surface area contributed by atoms with Crippen LogP contribution in [0, 0.1) is 5.82 Å². The number of ether oxygens (including phenoxy) is 1. The van der Waals surface area contributed by atoms with Gasteiger partial charge in [0.05, 0.1) is 28.9 Å². The van der Waals surface area contributed by atoms with Crippen molar-refractivity contribution in [3.8, 4) is 5.75 Å². The Kier molecular flexibility index (Phi) is 3.96. The van der Waals surface area contributed by atoms with Gasteiger partial charge < -0.3 is 10.1 Å². The number of hydrogen-bond donors (Lipinski definition) is 1. The highest BCUT2D eigenvalue weighted by atomic mass is 35.5. The molecule has 2 aromatic carbocycles. The molecule has 1 atom stereocenters. The number of fused-ring (bicyclic) bond motifs is 1. The van der Waals surface area contributed by atoms with E-state index in [2.05, 4.69) is 11.4 Å². The molecule has 0 saturated heterocycles. The van der Waals surface area contributed by atoms with E-state index in [1.165, 1.54) is 23.3 Å². The summed E-state index contributed by atoms with van der Waals surface area (Å²) in [6, 6.07) is 8.67. The molecule has 0 heterocycles. The van der Waals surface area contributed by atoms with Gasteiger partial charge in [-0.3, -0.25) is 0 Å². The predicted molar refractivity (Wildman–Crippen MR) is 84.1 cm³/mol. The van der Waals surface area contributed by atoms with Gasteiger partial charge in [0, 0.05) is 0 Å². The molecule has 1 unspecified atom stereocenters. The zero-order chi connectivity index (χ0) is 15.0. The Morgan fingerprint density at radius 3 is 2.57 bits per heavy atom. The third-order valence-electron chi connectivity index (χ3n) is 3.76. The molecule has 21 heavy (non-hydrogen) atoms. The molecule has 0 bridgehead atoms. The molecule has 0 radical (unpaired) electrons. The second kappa shape index (κ2) is 5.74. The van der Waals surface area contributed by atoms with Gasteiger partial charge in [0.2, 0.25) is 0 Å². The summed E-state index contributed by atoms with van der Waals surface area (Å²) in [4.78, 5) is 0. The number of aryl methyl sites for hydroxylation is 1. The van der Waals surface area contributed by atoms with Crippen LogP contribution < -0.4 is 10.1 Å². The van der Waals surface area contributed by atoms with E-state index < -0.39 is 5.82 Å². The second-order valence-corrected chi connectivity index (χ2v) is 5.86. The fraction of sp³-hybridized carbons (Fsp3) is 0.250. The maximum atomic E-state index is 13.2. The van der Waals surface area contributed by atoms with Crippen LogP contribution in [0.1, 0.15) is 23.6 Å². The Morgan fingerprint density at radius 2 is 1.90 bits per heavy atom. The molecule has 0 saturated carbocycles. The monoisotopic (exact) mass is 325 g/mol. The maximum absolute atomic E-state index is 13.2. The van der Waals surface area contributed by atoms with Crippen LogP contribution in [0.5, 0.6) is 5.75 Å². The molecular formula is C16H14Cl2FNO. The standard InChI is InChI=1S/C16H14Cl2FNO/c1-21-11-4-2-9-3-5-15(12(9)8-11)20-16-13(17)6-10(19)7-14(16)18/h2,4,6-8,15,20H,3,5H2,1H3. The normalized spacial score (nSPS) is 16.7. The Bertz CT molecular complexity index is 667. The van der Waals surface area contributed by atoms with Crippen LogP contribution in [0.2, 0.25) is 10.0 Å². The van der Waals surface area contributed by atoms with Crippen LogP contribution in [0.15, 0.2) is 30.3 Å². The van der Waals surface area contributed by atoms with E-state index in [1.54, 1.807) is 7.11 Å². The number of methoxy groups -OCH3 is 1. The molecule has 3 rings (SSSR count). The van der Waals surface area contributed by atoms with Crippen molar-refractivity contribution in [2.45, 2.75) is 18.9 Å². The summed E-state index contributed by atoms with van der Waals surface area (Å²) < 4.78 is 18.5. The fourth-order valence-corrected chi connectivity index (χ4v) is 3.28. The van der Waals surface area contributed by atoms with Crippen molar-refractivity contribution < 1.29 is 9.13 Å². The van der Waals surface area contributed by atoms with Crippen LogP contribution in [0.25, 0.3) is 0 Å². The summed E-state index contributed by atoms with van der Waals surface area (Å²) in [5.41, 5.74) is 3.02. The average molecular weight is 326 g/mol. The summed E-state index contributed by atoms with van der Waals surface area (Å²) in [6.45, 7) is 0. The predicted octanol–water partition coefficient (Wildman–Crippen LogP) is 5.24. The third kappa shape index (κ3) is 2.81. The molecule has 0 amide bonds. The lowest BCUT2D eigenvalue weighted by Crippen LogP contribution is -2.08. The first-order chi connectivity index (χ1) is 10.1. The molecule has 0 aromatic heterocycles. The van der Waals surface area contributed by atoms with Gasteiger partial charge in [-0.1, -0.05) is 29.3 Å². The average Bonchev–Trinajstić information content (AvgIpc) is 2.84. The number of benzene rings is 2. The van der Waals surface area contributed by atoms with Crippen molar-refractivity contribution in [3.63, 3.8) is 0 Å². The summed E-state index contributed by atoms with van der Waals surface area (Å²) in [6.07, 6.45) is 1.92. The molecule has 2 aromatic rings. The summed E-state index contributed by atoms with van der Waals surface area (Å²) >= 11 is 12.2. The molecule has 1 N–H and O–H groups in total. The Balaban J connectivity index is 1.92. The second-order valence-electron chi connectivity index (χ2n) is 5.04. The minimum Gasteiger partial charge on any atom is -0.497 e. The van der Waals surface area contributed by atoms with E-state index in [0.29, 0.717) is 5.69 Å². The highest BCUT2D eigenvalue weighted by Gasteiger charge is 2.24. The Hall–Kier alpha value is -1.45. The van der Waals surface area contributed by atoms with E-state index in [0.717, 1.165) is 18.6 Å². The van der Waals surface area contributed by atoms with Gasteiger partial charge >= 0.3 is 0 Å². The van der Waals surface area contributed by atoms with Crippen molar-refractivity contribution in [1.29, 1.82) is 0 Å². The molecule has 5 heteroatoms. The molecule has 1 aliphatic carbocycles. The molecule has 0 fully saturated rings. The van der Waals surface area contributed by atoms with E-state index in [9.17, 15) is 4.39 Å². The van der Waals surface area contributed by atoms with E-state index >= 15 is 0 Å². The smallest absolute Gasteiger partial charge is 0.126 e. The number of halogens is 3. The largest absolute Gasteiger partial charge is 0.497 e. The van der Waals surface area contributed by atoms with Gasteiger partial charge in [-0.25, -0.2) is 4.39 Å². The van der Waals surface area contributed by atoms with Gasteiger partial charge in [-0.2, -0.15) is 0 Å². The first-order valence-corrected chi connectivity index (χ1v) is 7.42. The van der Waals surface area contributed by atoms with Crippen molar-refractivity contribution >= 4 is 28.9 Å². The molecule has 1 aliphatic rings. The molecule has 2 nitrogen and oxygen atoms in total. The molecule has 0 aliphatic heterocycles. The van der Waals surface area contributed by atoms with Gasteiger partial charge in [-0.05, 0) is 48.2 Å². The van der Waals surface area contributed by atoms with Crippen molar-refractivity contribution in [2.75, 3.05) is 12.4 Å². The SMILES string of the molecule is COc1ccc2c(c1)C(Nc1c(Cl)cc(F)cc1Cl)CC2. The minimum absolute atomic E-state index is 0.0931. The molecule has 110 valence electrons. The summed E-state index contributed by atoms with van der Waals surface area (Å²) in [7, 11) is 1.65. The number of hydrogen-bond acceptors (Lipinski definition) is 2. The topological polar surface area (TPSA) is 21.3 Å².